The molecule has 2 unspecified atom stereocenters. The molecule has 0 radical (unpaired) electrons. The molecule has 1 saturated heterocycles. The van der Waals surface area contributed by atoms with Crippen molar-refractivity contribution in [1.29, 1.82) is 0 Å². The molecule has 8 nitrogen and oxygen atoms in total. The number of halogens is 2. The maximum Gasteiger partial charge on any atom is 0.280 e. The Labute approximate surface area is 218 Å². The van der Waals surface area contributed by atoms with Gasteiger partial charge in [0.05, 0.1) is 24.0 Å². The number of ketones is 1. The minimum atomic E-state index is -1.18. The zero-order valence-electron chi connectivity index (χ0n) is 19.2. The number of rotatable bonds is 4. The number of nitrogens with zero attached hydrogens (tertiary/aromatic N) is 3. The summed E-state index contributed by atoms with van der Waals surface area (Å²) in [6.07, 6.45) is 4.10. The highest BCUT2D eigenvalue weighted by atomic mass is 35.5. The minimum Gasteiger partial charge on any atom is -0.352 e. The molecule has 4 heterocycles. The lowest BCUT2D eigenvalue weighted by atomic mass is 9.74. The van der Waals surface area contributed by atoms with Crippen molar-refractivity contribution in [3.8, 4) is 0 Å². The van der Waals surface area contributed by atoms with Gasteiger partial charge in [0, 0.05) is 40.4 Å². The van der Waals surface area contributed by atoms with Gasteiger partial charge < -0.3 is 16.0 Å². The van der Waals surface area contributed by atoms with E-state index in [0.717, 1.165) is 60.5 Å². The third kappa shape index (κ3) is 4.39. The van der Waals surface area contributed by atoms with E-state index in [1.54, 1.807) is 12.1 Å². The molecule has 4 N–H and O–H groups in total. The Morgan fingerprint density at radius 2 is 1.97 bits per heavy atom. The quantitative estimate of drug-likeness (QED) is 0.438. The van der Waals surface area contributed by atoms with Crippen LogP contribution in [-0.2, 0) is 13.1 Å². The second-order valence-corrected chi connectivity index (χ2v) is 11.1. The lowest BCUT2D eigenvalue weighted by Gasteiger charge is -2.39. The lowest BCUT2D eigenvalue weighted by Crippen LogP contribution is -2.64. The number of aromatic amines is 1. The van der Waals surface area contributed by atoms with Crippen LogP contribution in [0.15, 0.2) is 24.3 Å². The highest BCUT2D eigenvalue weighted by Gasteiger charge is 2.45. The Balaban J connectivity index is 0.00000253. The average molecular weight is 536 g/mol. The Morgan fingerprint density at radius 1 is 1.17 bits per heavy atom. The van der Waals surface area contributed by atoms with Gasteiger partial charge in [-0.2, -0.15) is 0 Å². The van der Waals surface area contributed by atoms with Crippen molar-refractivity contribution in [3.05, 3.63) is 50.6 Å². The van der Waals surface area contributed by atoms with Gasteiger partial charge >= 0.3 is 0 Å². The van der Waals surface area contributed by atoms with Crippen molar-refractivity contribution in [2.45, 2.75) is 56.8 Å². The highest BCUT2D eigenvalue weighted by molar-refractivity contribution is 7.13. The molecule has 1 aliphatic carbocycles. The standard InChI is InChI=1S/C24H27ClN6O2S.ClH/c25-15-5-6-16-14(10-15)11-17(27-16)21(32)24(26)7-2-1-4-20(24)29-22(33)23-28-18-12-30-8-3-9-31(30)13-19(18)34-23;/h5-6,10-11,20,27H,1-4,7-9,12-13,26H2,(H,29,33);1H. The van der Waals surface area contributed by atoms with Crippen molar-refractivity contribution in [3.63, 3.8) is 0 Å². The summed E-state index contributed by atoms with van der Waals surface area (Å²) in [6.45, 7) is 3.66. The van der Waals surface area contributed by atoms with E-state index in [9.17, 15) is 9.59 Å². The summed E-state index contributed by atoms with van der Waals surface area (Å²) < 4.78 is 0. The van der Waals surface area contributed by atoms with Crippen LogP contribution in [0.4, 0.5) is 0 Å². The summed E-state index contributed by atoms with van der Waals surface area (Å²) in [7, 11) is 0. The third-order valence-corrected chi connectivity index (χ3v) is 8.69. The van der Waals surface area contributed by atoms with E-state index in [4.69, 9.17) is 17.3 Å². The second kappa shape index (κ2) is 9.46. The van der Waals surface area contributed by atoms with E-state index in [1.807, 2.05) is 12.1 Å². The monoisotopic (exact) mass is 534 g/mol. The Bertz CT molecular complexity index is 1260. The van der Waals surface area contributed by atoms with Gasteiger partial charge in [-0.05, 0) is 43.5 Å². The van der Waals surface area contributed by atoms with Gasteiger partial charge in [0.2, 0.25) is 5.78 Å². The number of hydrogen-bond acceptors (Lipinski definition) is 7. The molecule has 0 spiro atoms. The van der Waals surface area contributed by atoms with E-state index in [1.165, 1.54) is 17.8 Å². The number of hydrazine groups is 1. The van der Waals surface area contributed by atoms with Crippen LogP contribution in [0.25, 0.3) is 10.9 Å². The third-order valence-electron chi connectivity index (χ3n) is 7.37. The number of nitrogens with one attached hydrogen (secondary N) is 2. The van der Waals surface area contributed by atoms with Crippen molar-refractivity contribution < 1.29 is 9.59 Å². The van der Waals surface area contributed by atoms with Crippen LogP contribution in [0, 0.1) is 0 Å². The fourth-order valence-electron chi connectivity index (χ4n) is 5.51. The number of amides is 1. The van der Waals surface area contributed by atoms with E-state index < -0.39 is 11.6 Å². The van der Waals surface area contributed by atoms with E-state index >= 15 is 0 Å². The Hall–Kier alpha value is -2.01. The molecule has 11 heteroatoms. The molecule has 3 aliphatic rings. The molecular formula is C24H28Cl2N6O2S. The van der Waals surface area contributed by atoms with Gasteiger partial charge in [0.15, 0.2) is 5.01 Å². The summed E-state index contributed by atoms with van der Waals surface area (Å²) in [6, 6.07) is 6.79. The SMILES string of the molecule is Cl.NC1(C(=O)c2cc3cc(Cl)ccc3[nH]2)CCCCC1NC(=O)c1nc2c(s1)CN1CCCN1C2. The molecular weight excluding hydrogens is 507 g/mol. The van der Waals surface area contributed by atoms with Gasteiger partial charge in [-0.1, -0.05) is 24.4 Å². The molecule has 2 aliphatic heterocycles. The normalized spacial score (nSPS) is 24.6. The number of carbonyl (C=O) groups is 2. The molecule has 2 aromatic heterocycles. The molecule has 1 saturated carbocycles. The van der Waals surface area contributed by atoms with Crippen LogP contribution in [0.1, 0.15) is 63.0 Å². The first-order valence-electron chi connectivity index (χ1n) is 11.8. The van der Waals surface area contributed by atoms with Crippen LogP contribution >= 0.6 is 35.3 Å². The Morgan fingerprint density at radius 3 is 2.80 bits per heavy atom. The second-order valence-electron chi connectivity index (χ2n) is 9.57. The number of fused-ring (bicyclic) bond motifs is 3. The van der Waals surface area contributed by atoms with E-state index in [-0.39, 0.29) is 24.1 Å². The smallest absolute Gasteiger partial charge is 0.280 e. The Kier molecular flexibility index (Phi) is 6.67. The number of aromatic nitrogens is 2. The topological polar surface area (TPSA) is 107 Å². The van der Waals surface area contributed by atoms with Crippen molar-refractivity contribution in [1.82, 2.24) is 25.3 Å². The molecule has 186 valence electrons. The first kappa shape index (κ1) is 24.7. The van der Waals surface area contributed by atoms with Crippen molar-refractivity contribution in [2.75, 3.05) is 13.1 Å². The number of H-pyrrole nitrogens is 1. The highest BCUT2D eigenvalue weighted by Crippen LogP contribution is 2.33. The summed E-state index contributed by atoms with van der Waals surface area (Å²) in [5, 5.41) is 9.64. The maximum absolute atomic E-state index is 13.6. The number of benzene rings is 1. The summed E-state index contributed by atoms with van der Waals surface area (Å²) in [5.41, 5.74) is 7.86. The first-order valence-corrected chi connectivity index (χ1v) is 13.0. The lowest BCUT2D eigenvalue weighted by molar-refractivity contribution is -0.00171. The minimum absolute atomic E-state index is 0. The number of nitrogens with two attached hydrogens (primary N) is 1. The summed E-state index contributed by atoms with van der Waals surface area (Å²) >= 11 is 7.56. The number of carbonyl (C=O) groups excluding carboxylic acids is 2. The molecule has 2 fully saturated rings. The molecule has 0 bridgehead atoms. The van der Waals surface area contributed by atoms with Gasteiger partial charge in [0.1, 0.15) is 5.54 Å². The zero-order valence-corrected chi connectivity index (χ0v) is 21.6. The number of thiazole rings is 1. The summed E-state index contributed by atoms with van der Waals surface area (Å²) in [4.78, 5) is 35.8. The van der Waals surface area contributed by atoms with Crippen molar-refractivity contribution in [2.24, 2.45) is 5.73 Å². The van der Waals surface area contributed by atoms with Crippen LogP contribution in [-0.4, -0.2) is 56.3 Å². The molecule has 1 amide bonds. The van der Waals surface area contributed by atoms with Crippen LogP contribution in [0.3, 0.4) is 0 Å². The number of hydrogen-bond donors (Lipinski definition) is 3. The fourth-order valence-corrected chi connectivity index (χ4v) is 6.67. The molecule has 35 heavy (non-hydrogen) atoms. The van der Waals surface area contributed by atoms with Gasteiger partial charge in [-0.25, -0.2) is 15.0 Å². The van der Waals surface area contributed by atoms with Crippen molar-refractivity contribution >= 4 is 57.9 Å². The first-order chi connectivity index (χ1) is 16.4. The van der Waals surface area contributed by atoms with Gasteiger partial charge in [0.25, 0.3) is 5.91 Å². The van der Waals surface area contributed by atoms with Crippen LogP contribution in [0.2, 0.25) is 5.02 Å². The molecule has 2 atom stereocenters. The molecule has 1 aromatic carbocycles. The number of Topliss-reactive ketones (excluding diaryl/α,β-unsaturated/α-hetero) is 1. The largest absolute Gasteiger partial charge is 0.352 e. The average Bonchev–Trinajstić information content (AvgIpc) is 3.55. The van der Waals surface area contributed by atoms with E-state index in [2.05, 4.69) is 25.3 Å². The predicted molar refractivity (Wildman–Crippen MR) is 139 cm³/mol. The van der Waals surface area contributed by atoms with Crippen LogP contribution < -0.4 is 11.1 Å². The molecule has 3 aromatic rings. The summed E-state index contributed by atoms with van der Waals surface area (Å²) in [5.74, 6) is -0.427. The van der Waals surface area contributed by atoms with Gasteiger partial charge in [-0.3, -0.25) is 9.59 Å². The zero-order chi connectivity index (χ0) is 23.4. The van der Waals surface area contributed by atoms with Gasteiger partial charge in [-0.15, -0.1) is 23.7 Å². The van der Waals surface area contributed by atoms with Crippen LogP contribution in [0.5, 0.6) is 0 Å². The maximum atomic E-state index is 13.6. The molecule has 6 rings (SSSR count). The fraction of sp³-hybridized carbons (Fsp3) is 0.458. The van der Waals surface area contributed by atoms with E-state index in [0.29, 0.717) is 28.6 Å². The predicted octanol–water partition coefficient (Wildman–Crippen LogP) is 3.89.